The third-order valence-electron chi connectivity index (χ3n) is 5.35. The van der Waals surface area contributed by atoms with Crippen molar-refractivity contribution in [3.8, 4) is 39.9 Å². The Balaban J connectivity index is 2.10. The van der Waals surface area contributed by atoms with E-state index in [1.807, 2.05) is 0 Å². The van der Waals surface area contributed by atoms with Crippen LogP contribution in [0.15, 0.2) is 30.3 Å². The van der Waals surface area contributed by atoms with E-state index >= 15 is 0 Å². The number of hydrogen-bond donors (Lipinski definition) is 0. The van der Waals surface area contributed by atoms with Crippen molar-refractivity contribution in [3.05, 3.63) is 41.5 Å². The normalized spacial score (nSPS) is 12.0. The van der Waals surface area contributed by atoms with Crippen LogP contribution in [0.1, 0.15) is 36.7 Å². The second kappa shape index (κ2) is 9.57. The lowest BCUT2D eigenvalue weighted by Gasteiger charge is -2.18. The quantitative estimate of drug-likeness (QED) is 0.367. The molecule has 10 nitrogen and oxygen atoms in total. The summed E-state index contributed by atoms with van der Waals surface area (Å²) in [5, 5.41) is 1.20. The van der Waals surface area contributed by atoms with Crippen LogP contribution < -0.4 is 23.7 Å². The molecule has 0 unspecified atom stereocenters. The molecule has 0 saturated heterocycles. The summed E-state index contributed by atoms with van der Waals surface area (Å²) in [6, 6.07) is 8.04. The number of ether oxygens (including phenoxy) is 6. The Morgan fingerprint density at radius 1 is 0.722 bits per heavy atom. The Bertz CT molecular complexity index is 1440. The number of benzene rings is 3. The van der Waals surface area contributed by atoms with Gasteiger partial charge in [0.05, 0.1) is 19.8 Å². The van der Waals surface area contributed by atoms with Crippen molar-refractivity contribution in [2.45, 2.75) is 27.4 Å². The van der Waals surface area contributed by atoms with Crippen LogP contribution in [0.25, 0.3) is 21.9 Å². The molecule has 1 aliphatic rings. The lowest BCUT2D eigenvalue weighted by molar-refractivity contribution is -0.134. The van der Waals surface area contributed by atoms with Gasteiger partial charge in [0.25, 0.3) is 0 Å². The van der Waals surface area contributed by atoms with Crippen molar-refractivity contribution in [2.75, 3.05) is 14.2 Å². The summed E-state index contributed by atoms with van der Waals surface area (Å²) in [7, 11) is 2.80. The molecule has 0 aromatic heterocycles. The van der Waals surface area contributed by atoms with Gasteiger partial charge in [0.15, 0.2) is 23.0 Å². The molecule has 0 saturated carbocycles. The molecule has 1 aliphatic heterocycles. The van der Waals surface area contributed by atoms with E-state index in [1.165, 1.54) is 41.1 Å². The molecule has 36 heavy (non-hydrogen) atoms. The predicted octanol–water partition coefficient (Wildman–Crippen LogP) is 3.97. The largest absolute Gasteiger partial charge is 0.493 e. The van der Waals surface area contributed by atoms with Crippen molar-refractivity contribution in [3.63, 3.8) is 0 Å². The van der Waals surface area contributed by atoms with Gasteiger partial charge in [-0.3, -0.25) is 14.4 Å². The minimum Gasteiger partial charge on any atom is -0.493 e. The molecule has 0 bridgehead atoms. The molecule has 0 spiro atoms. The molecule has 186 valence electrons. The van der Waals surface area contributed by atoms with Gasteiger partial charge in [-0.25, -0.2) is 4.79 Å². The maximum atomic E-state index is 12.8. The Kier molecular flexibility index (Phi) is 6.52. The standard InChI is InChI=1S/C26H22O10/c1-12(27)34-20-10-18-15(7-19(20)31-4)6-17-11-33-26(30)24(17)23(18)16-8-21(32-5)25(36-14(3)29)22(9-16)35-13(2)28/h6-10H,11H2,1-5H3. The number of rotatable bonds is 6. The molecule has 1 heterocycles. The first-order chi connectivity index (χ1) is 17.1. The summed E-state index contributed by atoms with van der Waals surface area (Å²) in [5.74, 6) is -2.04. The first-order valence-electron chi connectivity index (χ1n) is 10.7. The SMILES string of the molecule is COc1cc2cc3c(c(-c4cc(OC)c(OC(C)=O)c(OC(C)=O)c4)c2cc1OC(C)=O)C(=O)OC3. The number of hydrogen-bond acceptors (Lipinski definition) is 10. The van der Waals surface area contributed by atoms with Crippen LogP contribution >= 0.6 is 0 Å². The third-order valence-corrected chi connectivity index (χ3v) is 5.35. The van der Waals surface area contributed by atoms with Gasteiger partial charge in [0.2, 0.25) is 5.75 Å². The summed E-state index contributed by atoms with van der Waals surface area (Å²) in [6.45, 7) is 3.71. The molecular weight excluding hydrogens is 472 g/mol. The molecular formula is C26H22O10. The van der Waals surface area contributed by atoms with E-state index in [1.54, 1.807) is 24.3 Å². The van der Waals surface area contributed by atoms with Crippen molar-refractivity contribution >= 4 is 34.6 Å². The maximum absolute atomic E-state index is 12.8. The van der Waals surface area contributed by atoms with Gasteiger partial charge >= 0.3 is 23.9 Å². The van der Waals surface area contributed by atoms with Gasteiger partial charge < -0.3 is 28.4 Å². The van der Waals surface area contributed by atoms with E-state index in [4.69, 9.17) is 28.4 Å². The average molecular weight is 494 g/mol. The smallest absolute Gasteiger partial charge is 0.339 e. The van der Waals surface area contributed by atoms with Crippen LogP contribution in [0.5, 0.6) is 28.7 Å². The number of fused-ring (bicyclic) bond motifs is 2. The van der Waals surface area contributed by atoms with E-state index in [-0.39, 0.29) is 35.2 Å². The van der Waals surface area contributed by atoms with E-state index in [0.29, 0.717) is 33.2 Å². The first kappa shape index (κ1) is 24.5. The van der Waals surface area contributed by atoms with Gasteiger partial charge in [-0.15, -0.1) is 0 Å². The predicted molar refractivity (Wildman–Crippen MR) is 126 cm³/mol. The van der Waals surface area contributed by atoms with Gasteiger partial charge in [-0.1, -0.05) is 0 Å². The molecule has 0 fully saturated rings. The van der Waals surface area contributed by atoms with Crippen LogP contribution in [0.2, 0.25) is 0 Å². The Hall–Kier alpha value is -4.60. The number of cyclic esters (lactones) is 1. The highest BCUT2D eigenvalue weighted by Crippen LogP contribution is 2.47. The first-order valence-corrected chi connectivity index (χ1v) is 10.7. The van der Waals surface area contributed by atoms with Crippen LogP contribution in [0.3, 0.4) is 0 Å². The van der Waals surface area contributed by atoms with Crippen LogP contribution in [0, 0.1) is 0 Å². The molecule has 0 aliphatic carbocycles. The Labute approximate surface area is 205 Å². The van der Waals surface area contributed by atoms with Crippen molar-refractivity contribution in [1.82, 2.24) is 0 Å². The van der Waals surface area contributed by atoms with E-state index in [2.05, 4.69) is 0 Å². The van der Waals surface area contributed by atoms with Gasteiger partial charge in [0, 0.05) is 31.9 Å². The van der Waals surface area contributed by atoms with Gasteiger partial charge in [0.1, 0.15) is 6.61 Å². The monoisotopic (exact) mass is 494 g/mol. The molecule has 0 N–H and O–H groups in total. The van der Waals surface area contributed by atoms with Crippen LogP contribution in [-0.4, -0.2) is 38.1 Å². The van der Waals surface area contributed by atoms with Crippen molar-refractivity contribution < 1.29 is 47.6 Å². The van der Waals surface area contributed by atoms with E-state index < -0.39 is 23.9 Å². The third kappa shape index (κ3) is 4.52. The van der Waals surface area contributed by atoms with Crippen molar-refractivity contribution in [2.24, 2.45) is 0 Å². The minimum atomic E-state index is -0.660. The van der Waals surface area contributed by atoms with E-state index in [9.17, 15) is 19.2 Å². The minimum absolute atomic E-state index is 0.0601. The summed E-state index contributed by atoms with van der Waals surface area (Å²) in [6.07, 6.45) is 0. The van der Waals surface area contributed by atoms with E-state index in [0.717, 1.165) is 0 Å². The van der Waals surface area contributed by atoms with Crippen LogP contribution in [-0.2, 0) is 25.7 Å². The number of esters is 4. The second-order valence-electron chi connectivity index (χ2n) is 7.87. The fourth-order valence-electron chi connectivity index (χ4n) is 4.07. The number of carbonyl (C=O) groups excluding carboxylic acids is 4. The molecule has 3 aromatic carbocycles. The zero-order valence-corrected chi connectivity index (χ0v) is 20.2. The maximum Gasteiger partial charge on any atom is 0.339 e. The zero-order chi connectivity index (χ0) is 26.1. The molecule has 0 radical (unpaired) electrons. The lowest BCUT2D eigenvalue weighted by atomic mass is 9.90. The van der Waals surface area contributed by atoms with Gasteiger partial charge in [-0.2, -0.15) is 0 Å². The second-order valence-corrected chi connectivity index (χ2v) is 7.87. The molecule has 3 aromatic rings. The highest BCUT2D eigenvalue weighted by atomic mass is 16.6. The topological polar surface area (TPSA) is 124 Å². The number of carbonyl (C=O) groups is 4. The Morgan fingerprint density at radius 3 is 1.94 bits per heavy atom. The Morgan fingerprint density at radius 2 is 1.33 bits per heavy atom. The highest BCUT2D eigenvalue weighted by Gasteiger charge is 2.30. The zero-order valence-electron chi connectivity index (χ0n) is 20.2. The van der Waals surface area contributed by atoms with Crippen LogP contribution in [0.4, 0.5) is 0 Å². The lowest BCUT2D eigenvalue weighted by Crippen LogP contribution is -2.09. The molecule has 0 amide bonds. The summed E-state index contributed by atoms with van der Waals surface area (Å²) in [4.78, 5) is 48.0. The van der Waals surface area contributed by atoms with Gasteiger partial charge in [-0.05, 0) is 46.7 Å². The average Bonchev–Trinajstić information content (AvgIpc) is 3.17. The molecule has 0 atom stereocenters. The molecule has 10 heteroatoms. The van der Waals surface area contributed by atoms with Crippen molar-refractivity contribution in [1.29, 1.82) is 0 Å². The summed E-state index contributed by atoms with van der Waals surface area (Å²) in [5.41, 5.74) is 1.74. The highest BCUT2D eigenvalue weighted by molar-refractivity contribution is 6.11. The fourth-order valence-corrected chi connectivity index (χ4v) is 4.07. The number of methoxy groups -OCH3 is 2. The molecule has 4 rings (SSSR count). The fraction of sp³-hybridized carbons (Fsp3) is 0.231. The summed E-state index contributed by atoms with van der Waals surface area (Å²) >= 11 is 0. The summed E-state index contributed by atoms with van der Waals surface area (Å²) < 4.78 is 32.0.